The maximum Gasteiger partial charge on any atom is 0.168 e. The van der Waals surface area contributed by atoms with Crippen LogP contribution in [-0.4, -0.2) is 11.9 Å². The fourth-order valence-electron chi connectivity index (χ4n) is 2.47. The molecule has 0 saturated heterocycles. The third-order valence-corrected chi connectivity index (χ3v) is 6.01. The van der Waals surface area contributed by atoms with E-state index in [2.05, 4.69) is 18.2 Å². The Morgan fingerprint density at radius 3 is 2.04 bits per heavy atom. The lowest BCUT2D eigenvalue weighted by atomic mass is 10.1. The van der Waals surface area contributed by atoms with Crippen molar-refractivity contribution in [3.63, 3.8) is 0 Å². The summed E-state index contributed by atoms with van der Waals surface area (Å²) in [5, 5.41) is 1.06. The van der Waals surface area contributed by atoms with Crippen LogP contribution < -0.4 is 5.30 Å². The lowest BCUT2D eigenvalue weighted by molar-refractivity contribution is 0.102. The normalized spacial score (nSPS) is 11.9. The molecule has 23 heavy (non-hydrogen) atoms. The monoisotopic (exact) mass is 338 g/mol. The Morgan fingerprint density at radius 1 is 0.783 bits per heavy atom. The van der Waals surface area contributed by atoms with Crippen LogP contribution in [0.1, 0.15) is 10.4 Å². The van der Waals surface area contributed by atoms with E-state index in [4.69, 9.17) is 11.2 Å². The molecule has 1 atom stereocenters. The second-order valence-corrected chi connectivity index (χ2v) is 7.94. The maximum absolute atomic E-state index is 12.4. The first-order valence-electron chi connectivity index (χ1n) is 7.42. The van der Waals surface area contributed by atoms with E-state index in [1.165, 1.54) is 0 Å². The molecule has 0 aliphatic heterocycles. The average Bonchev–Trinajstić information content (AvgIpc) is 2.63. The minimum Gasteiger partial charge on any atom is -0.294 e. The molecule has 0 bridgehead atoms. The van der Waals surface area contributed by atoms with Gasteiger partial charge < -0.3 is 0 Å². The maximum atomic E-state index is 12.4. The zero-order valence-corrected chi connectivity index (χ0v) is 14.2. The van der Waals surface area contributed by atoms with E-state index < -0.39 is 7.27 Å². The van der Waals surface area contributed by atoms with E-state index >= 15 is 0 Å². The van der Waals surface area contributed by atoms with Gasteiger partial charge in [0.15, 0.2) is 5.78 Å². The van der Waals surface area contributed by atoms with Crippen LogP contribution in [0.15, 0.2) is 84.9 Å². The van der Waals surface area contributed by atoms with Crippen LogP contribution in [0.5, 0.6) is 0 Å². The van der Waals surface area contributed by atoms with E-state index in [0.717, 1.165) is 22.0 Å². The number of rotatable bonds is 5. The highest BCUT2D eigenvalue weighted by Gasteiger charge is 2.18. The predicted molar refractivity (Wildman–Crippen MR) is 99.9 cm³/mol. The first-order chi connectivity index (χ1) is 11.3. The van der Waals surface area contributed by atoms with Gasteiger partial charge in [-0.1, -0.05) is 96.2 Å². The molecular formula is C20H16ClOP. The van der Waals surface area contributed by atoms with Crippen LogP contribution in [-0.2, 0) is 0 Å². The average molecular weight is 339 g/mol. The summed E-state index contributed by atoms with van der Waals surface area (Å²) in [6.45, 7) is 0. The number of Topliss-reactive ketones (excluding diaryl/α,β-unsaturated/α-hetero) is 1. The summed E-state index contributed by atoms with van der Waals surface area (Å²) in [6.07, 6.45) is 0.352. The minimum atomic E-state index is -1.06. The van der Waals surface area contributed by atoms with Gasteiger partial charge in [0, 0.05) is 19.0 Å². The van der Waals surface area contributed by atoms with Crippen LogP contribution in [0.2, 0.25) is 0 Å². The van der Waals surface area contributed by atoms with Crippen LogP contribution >= 0.6 is 18.5 Å². The van der Waals surface area contributed by atoms with Gasteiger partial charge in [0.25, 0.3) is 0 Å². The van der Waals surface area contributed by atoms with Gasteiger partial charge in [0.1, 0.15) is 0 Å². The second kappa shape index (κ2) is 7.55. The van der Waals surface area contributed by atoms with Gasteiger partial charge in [-0.05, 0) is 16.4 Å². The molecule has 0 amide bonds. The van der Waals surface area contributed by atoms with Crippen LogP contribution in [0.25, 0.3) is 11.1 Å². The van der Waals surface area contributed by atoms with Crippen molar-refractivity contribution in [2.24, 2.45) is 0 Å². The number of carbonyl (C=O) groups is 1. The van der Waals surface area contributed by atoms with E-state index in [1.807, 2.05) is 66.7 Å². The largest absolute Gasteiger partial charge is 0.294 e. The van der Waals surface area contributed by atoms with Crippen molar-refractivity contribution in [3.05, 3.63) is 90.5 Å². The minimum absolute atomic E-state index is 0.0922. The summed E-state index contributed by atoms with van der Waals surface area (Å²) >= 11 is 6.65. The van der Waals surface area contributed by atoms with E-state index in [-0.39, 0.29) is 5.78 Å². The molecule has 0 aromatic heterocycles. The molecule has 0 aliphatic rings. The molecule has 3 rings (SSSR count). The van der Waals surface area contributed by atoms with Gasteiger partial charge >= 0.3 is 0 Å². The zero-order chi connectivity index (χ0) is 16.1. The zero-order valence-electron chi connectivity index (χ0n) is 12.5. The molecule has 0 fully saturated rings. The first kappa shape index (κ1) is 15.9. The summed E-state index contributed by atoms with van der Waals surface area (Å²) in [5.74, 6) is 0.0922. The van der Waals surface area contributed by atoms with Crippen molar-refractivity contribution in [2.75, 3.05) is 6.16 Å². The SMILES string of the molecule is O=C(CP(Cl)c1ccccc1-c1ccccc1)c1ccccc1. The Hall–Kier alpha value is -1.95. The van der Waals surface area contributed by atoms with Crippen molar-refractivity contribution >= 4 is 29.6 Å². The van der Waals surface area contributed by atoms with Crippen molar-refractivity contribution in [2.45, 2.75) is 0 Å². The first-order valence-corrected chi connectivity index (χ1v) is 9.85. The molecule has 1 unspecified atom stereocenters. The van der Waals surface area contributed by atoms with Gasteiger partial charge in [-0.15, -0.1) is 0 Å². The standard InChI is InChI=1S/C20H16ClOP/c21-23(15-19(22)17-11-5-2-6-12-17)20-14-8-7-13-18(20)16-9-3-1-4-10-16/h1-14H,15H2. The molecule has 3 heteroatoms. The third kappa shape index (κ3) is 3.88. The van der Waals surface area contributed by atoms with Crippen LogP contribution in [0.3, 0.4) is 0 Å². The molecule has 0 N–H and O–H groups in total. The molecule has 1 nitrogen and oxygen atoms in total. The number of hydrogen-bond acceptors (Lipinski definition) is 1. The van der Waals surface area contributed by atoms with Gasteiger partial charge in [-0.25, -0.2) is 0 Å². The summed E-state index contributed by atoms with van der Waals surface area (Å²) in [6, 6.07) is 27.6. The molecule has 0 aliphatic carbocycles. The van der Waals surface area contributed by atoms with Crippen LogP contribution in [0, 0.1) is 0 Å². The Balaban J connectivity index is 1.86. The molecule has 0 spiro atoms. The topological polar surface area (TPSA) is 17.1 Å². The second-order valence-electron chi connectivity index (χ2n) is 5.19. The number of benzene rings is 3. The lowest BCUT2D eigenvalue weighted by Gasteiger charge is -2.14. The number of ketones is 1. The summed E-state index contributed by atoms with van der Waals surface area (Å²) in [4.78, 5) is 12.4. The molecule has 0 saturated carbocycles. The summed E-state index contributed by atoms with van der Waals surface area (Å²) in [5.41, 5.74) is 2.95. The fourth-order valence-corrected chi connectivity index (χ4v) is 4.56. The Labute approximate surface area is 142 Å². The van der Waals surface area contributed by atoms with Gasteiger partial charge in [0.05, 0.1) is 0 Å². The molecule has 0 heterocycles. The molecule has 0 radical (unpaired) electrons. The van der Waals surface area contributed by atoms with E-state index in [1.54, 1.807) is 0 Å². The Kier molecular flexibility index (Phi) is 5.23. The van der Waals surface area contributed by atoms with Crippen molar-refractivity contribution in [1.82, 2.24) is 0 Å². The van der Waals surface area contributed by atoms with E-state index in [0.29, 0.717) is 6.16 Å². The number of hydrogen-bond donors (Lipinski definition) is 0. The van der Waals surface area contributed by atoms with Gasteiger partial charge in [-0.3, -0.25) is 4.79 Å². The van der Waals surface area contributed by atoms with Gasteiger partial charge in [0.2, 0.25) is 0 Å². The number of carbonyl (C=O) groups excluding carboxylic acids is 1. The smallest absolute Gasteiger partial charge is 0.168 e. The molecule has 3 aromatic rings. The van der Waals surface area contributed by atoms with Crippen molar-refractivity contribution in [1.29, 1.82) is 0 Å². The highest BCUT2D eigenvalue weighted by atomic mass is 35.7. The van der Waals surface area contributed by atoms with Crippen molar-refractivity contribution < 1.29 is 4.79 Å². The highest BCUT2D eigenvalue weighted by molar-refractivity contribution is 7.90. The quantitative estimate of drug-likeness (QED) is 0.443. The predicted octanol–water partition coefficient (Wildman–Crippen LogP) is 5.50. The molecule has 114 valence electrons. The Morgan fingerprint density at radius 2 is 1.35 bits per heavy atom. The van der Waals surface area contributed by atoms with Crippen LogP contribution in [0.4, 0.5) is 0 Å². The highest BCUT2D eigenvalue weighted by Crippen LogP contribution is 2.43. The fraction of sp³-hybridized carbons (Fsp3) is 0.0500. The molecular weight excluding hydrogens is 323 g/mol. The van der Waals surface area contributed by atoms with E-state index in [9.17, 15) is 4.79 Å². The third-order valence-electron chi connectivity index (χ3n) is 3.63. The summed E-state index contributed by atoms with van der Waals surface area (Å²) < 4.78 is 0. The molecule has 3 aromatic carbocycles. The lowest BCUT2D eigenvalue weighted by Crippen LogP contribution is -2.10. The summed E-state index contributed by atoms with van der Waals surface area (Å²) in [7, 11) is -1.06. The van der Waals surface area contributed by atoms with Gasteiger partial charge in [-0.2, -0.15) is 0 Å². The Bertz CT molecular complexity index is 787. The van der Waals surface area contributed by atoms with Crippen molar-refractivity contribution in [3.8, 4) is 11.1 Å². The number of halogens is 1.